The Morgan fingerprint density at radius 1 is 1.56 bits per heavy atom. The van der Waals surface area contributed by atoms with Crippen LogP contribution in [0.4, 0.5) is 0 Å². The Balaban J connectivity index is 2.44. The number of rotatable bonds is 0. The third-order valence-corrected chi connectivity index (χ3v) is 1.23. The van der Waals surface area contributed by atoms with Crippen molar-refractivity contribution in [2.75, 3.05) is 6.61 Å². The molecule has 0 amide bonds. The number of carbonyl (C=O) groups excluding carboxylic acids is 1. The Morgan fingerprint density at radius 3 is 2.67 bits per heavy atom. The van der Waals surface area contributed by atoms with Crippen LogP contribution in [0.15, 0.2) is 0 Å². The fourth-order valence-corrected chi connectivity index (χ4v) is 0.676. The van der Waals surface area contributed by atoms with Crippen molar-refractivity contribution >= 4 is 5.97 Å². The van der Waals surface area contributed by atoms with Gasteiger partial charge in [0.25, 0.3) is 0 Å². The second-order valence-electron chi connectivity index (χ2n) is 2.22. The SMILES string of the molecule is C[C@H]1CO[C@H](C)C(=O)O1. The summed E-state index contributed by atoms with van der Waals surface area (Å²) in [5.74, 6) is -0.256. The summed E-state index contributed by atoms with van der Waals surface area (Å²) >= 11 is 0. The van der Waals surface area contributed by atoms with E-state index in [1.165, 1.54) is 0 Å². The van der Waals surface area contributed by atoms with Crippen LogP contribution in [0.1, 0.15) is 13.8 Å². The summed E-state index contributed by atoms with van der Waals surface area (Å²) in [5.41, 5.74) is 0. The van der Waals surface area contributed by atoms with E-state index in [4.69, 9.17) is 9.47 Å². The number of ether oxygens (including phenoxy) is 2. The molecule has 1 saturated heterocycles. The highest BCUT2D eigenvalue weighted by molar-refractivity contribution is 5.74. The summed E-state index contributed by atoms with van der Waals surface area (Å²) in [6.07, 6.45) is -0.449. The van der Waals surface area contributed by atoms with Crippen LogP contribution < -0.4 is 0 Å². The molecule has 0 aliphatic carbocycles. The zero-order valence-electron chi connectivity index (χ0n) is 5.59. The molecule has 0 unspecified atom stereocenters. The third-order valence-electron chi connectivity index (χ3n) is 1.23. The van der Waals surface area contributed by atoms with Crippen LogP contribution in [0.25, 0.3) is 0 Å². The van der Waals surface area contributed by atoms with Gasteiger partial charge in [0.2, 0.25) is 0 Å². The molecule has 1 heterocycles. The van der Waals surface area contributed by atoms with Gasteiger partial charge in [0.15, 0.2) is 6.10 Å². The molecule has 9 heavy (non-hydrogen) atoms. The molecule has 1 aliphatic heterocycles. The first-order chi connectivity index (χ1) is 4.20. The smallest absolute Gasteiger partial charge is 0.335 e. The summed E-state index contributed by atoms with van der Waals surface area (Å²) < 4.78 is 9.86. The molecule has 1 fully saturated rings. The number of carbonyl (C=O) groups is 1. The molecular weight excluding hydrogens is 120 g/mol. The third kappa shape index (κ3) is 1.42. The van der Waals surface area contributed by atoms with Crippen LogP contribution in [-0.2, 0) is 14.3 Å². The monoisotopic (exact) mass is 130 g/mol. The van der Waals surface area contributed by atoms with E-state index in [1.54, 1.807) is 6.92 Å². The highest BCUT2D eigenvalue weighted by atomic mass is 16.6. The van der Waals surface area contributed by atoms with Gasteiger partial charge in [0.05, 0.1) is 6.61 Å². The van der Waals surface area contributed by atoms with Crippen LogP contribution >= 0.6 is 0 Å². The molecule has 0 N–H and O–H groups in total. The second-order valence-corrected chi connectivity index (χ2v) is 2.22. The van der Waals surface area contributed by atoms with E-state index in [-0.39, 0.29) is 18.2 Å². The molecule has 0 saturated carbocycles. The van der Waals surface area contributed by atoms with Gasteiger partial charge in [-0.05, 0) is 13.8 Å². The lowest BCUT2D eigenvalue weighted by atomic mass is 10.3. The summed E-state index contributed by atoms with van der Waals surface area (Å²) in [7, 11) is 0. The van der Waals surface area contributed by atoms with E-state index in [0.717, 1.165) is 0 Å². The van der Waals surface area contributed by atoms with Gasteiger partial charge >= 0.3 is 5.97 Å². The molecule has 0 spiro atoms. The van der Waals surface area contributed by atoms with E-state index < -0.39 is 0 Å². The van der Waals surface area contributed by atoms with Gasteiger partial charge in [-0.25, -0.2) is 4.79 Å². The quantitative estimate of drug-likeness (QED) is 0.443. The average Bonchev–Trinajstić information content (AvgIpc) is 1.80. The molecule has 1 rings (SSSR count). The molecule has 1 aliphatic rings. The zero-order valence-corrected chi connectivity index (χ0v) is 5.59. The van der Waals surface area contributed by atoms with Crippen molar-refractivity contribution < 1.29 is 14.3 Å². The molecule has 0 aromatic rings. The average molecular weight is 130 g/mol. The van der Waals surface area contributed by atoms with Crippen LogP contribution in [0, 0.1) is 0 Å². The number of hydrogen-bond donors (Lipinski definition) is 0. The summed E-state index contributed by atoms with van der Waals surface area (Å²) in [6, 6.07) is 0. The van der Waals surface area contributed by atoms with Crippen molar-refractivity contribution in [3.63, 3.8) is 0 Å². The van der Waals surface area contributed by atoms with Crippen molar-refractivity contribution in [3.05, 3.63) is 0 Å². The maximum Gasteiger partial charge on any atom is 0.335 e. The van der Waals surface area contributed by atoms with E-state index in [2.05, 4.69) is 0 Å². The standard InChI is InChI=1S/C6H10O3/c1-4-3-8-5(2)6(7)9-4/h4-5H,3H2,1-2H3/t4-,5+/m0/s1. The fourth-order valence-electron chi connectivity index (χ4n) is 0.676. The maximum atomic E-state index is 10.7. The molecular formula is C6H10O3. The lowest BCUT2D eigenvalue weighted by molar-refractivity contribution is -0.179. The van der Waals surface area contributed by atoms with Crippen molar-refractivity contribution in [2.45, 2.75) is 26.1 Å². The van der Waals surface area contributed by atoms with Gasteiger partial charge in [0, 0.05) is 0 Å². The van der Waals surface area contributed by atoms with Crippen molar-refractivity contribution in [1.29, 1.82) is 0 Å². The van der Waals surface area contributed by atoms with Gasteiger partial charge in [0.1, 0.15) is 6.10 Å². The molecule has 0 aromatic carbocycles. The Morgan fingerprint density at radius 2 is 2.22 bits per heavy atom. The molecule has 0 radical (unpaired) electrons. The highest BCUT2D eigenvalue weighted by Gasteiger charge is 2.23. The van der Waals surface area contributed by atoms with Gasteiger partial charge in [-0.1, -0.05) is 0 Å². The number of hydrogen-bond acceptors (Lipinski definition) is 3. The number of cyclic esters (lactones) is 1. The zero-order chi connectivity index (χ0) is 6.85. The van der Waals surface area contributed by atoms with Crippen LogP contribution in [-0.4, -0.2) is 24.8 Å². The van der Waals surface area contributed by atoms with E-state index in [1.807, 2.05) is 6.92 Å². The van der Waals surface area contributed by atoms with Crippen LogP contribution in [0.3, 0.4) is 0 Å². The topological polar surface area (TPSA) is 35.5 Å². The first-order valence-electron chi connectivity index (χ1n) is 3.02. The first-order valence-corrected chi connectivity index (χ1v) is 3.02. The van der Waals surface area contributed by atoms with Crippen molar-refractivity contribution in [1.82, 2.24) is 0 Å². The lowest BCUT2D eigenvalue weighted by Crippen LogP contribution is -2.36. The molecule has 3 nitrogen and oxygen atoms in total. The minimum Gasteiger partial charge on any atom is -0.458 e. The minimum absolute atomic E-state index is 0.0753. The van der Waals surface area contributed by atoms with Gasteiger partial charge in [-0.2, -0.15) is 0 Å². The first kappa shape index (κ1) is 6.55. The molecule has 3 heteroatoms. The highest BCUT2D eigenvalue weighted by Crippen LogP contribution is 2.06. The van der Waals surface area contributed by atoms with Crippen molar-refractivity contribution in [3.8, 4) is 0 Å². The predicted octanol–water partition coefficient (Wildman–Crippen LogP) is 0.337. The summed E-state index contributed by atoms with van der Waals surface area (Å²) in [5, 5.41) is 0. The Hall–Kier alpha value is -0.570. The van der Waals surface area contributed by atoms with Gasteiger partial charge in [-0.15, -0.1) is 0 Å². The van der Waals surface area contributed by atoms with Crippen molar-refractivity contribution in [2.24, 2.45) is 0 Å². The summed E-state index contributed by atoms with van der Waals surface area (Å²) in [6.45, 7) is 4.02. The lowest BCUT2D eigenvalue weighted by Gasteiger charge is -2.23. The van der Waals surface area contributed by atoms with E-state index in [0.29, 0.717) is 6.61 Å². The molecule has 2 atom stereocenters. The Bertz CT molecular complexity index is 121. The number of esters is 1. The van der Waals surface area contributed by atoms with E-state index >= 15 is 0 Å². The molecule has 52 valence electrons. The van der Waals surface area contributed by atoms with Crippen LogP contribution in [0.5, 0.6) is 0 Å². The Labute approximate surface area is 53.9 Å². The van der Waals surface area contributed by atoms with Gasteiger partial charge in [-0.3, -0.25) is 0 Å². The van der Waals surface area contributed by atoms with Crippen LogP contribution in [0.2, 0.25) is 0 Å². The largest absolute Gasteiger partial charge is 0.458 e. The maximum absolute atomic E-state index is 10.7. The Kier molecular flexibility index (Phi) is 1.71. The molecule has 0 bridgehead atoms. The normalized spacial score (nSPS) is 36.0. The summed E-state index contributed by atoms with van der Waals surface area (Å²) in [4.78, 5) is 10.7. The van der Waals surface area contributed by atoms with E-state index in [9.17, 15) is 4.79 Å². The minimum atomic E-state index is -0.374. The van der Waals surface area contributed by atoms with Gasteiger partial charge < -0.3 is 9.47 Å². The molecule has 0 aromatic heterocycles. The predicted molar refractivity (Wildman–Crippen MR) is 31.0 cm³/mol. The fraction of sp³-hybridized carbons (Fsp3) is 0.833. The second kappa shape index (κ2) is 2.35.